The van der Waals surface area contributed by atoms with Crippen molar-refractivity contribution in [2.45, 2.75) is 31.4 Å². The second-order valence-corrected chi connectivity index (χ2v) is 8.39. The Balaban J connectivity index is 1.93. The standard InChI is InChI=1S/C17H25NO5S/c1-13-7-9-14(10-8-13)23-12-11-18(2)24(20,21)16-6-4-5-15(16)17(19)22-3/h7-10,15-16H,4-6,11-12H2,1-3H3. The molecule has 24 heavy (non-hydrogen) atoms. The number of likely N-dealkylation sites (N-methyl/N-ethyl adjacent to an activating group) is 1. The molecule has 0 heterocycles. The van der Waals surface area contributed by atoms with Crippen molar-refractivity contribution in [3.63, 3.8) is 0 Å². The second kappa shape index (κ2) is 7.98. The largest absolute Gasteiger partial charge is 0.492 e. The van der Waals surface area contributed by atoms with Gasteiger partial charge in [0, 0.05) is 13.6 Å². The van der Waals surface area contributed by atoms with Crippen LogP contribution in [0.3, 0.4) is 0 Å². The molecule has 7 heteroatoms. The molecule has 1 aliphatic carbocycles. The molecular formula is C17H25NO5S. The van der Waals surface area contributed by atoms with Crippen molar-refractivity contribution in [1.82, 2.24) is 4.31 Å². The molecule has 2 unspecified atom stereocenters. The number of rotatable bonds is 7. The van der Waals surface area contributed by atoms with Crippen molar-refractivity contribution in [2.75, 3.05) is 27.3 Å². The van der Waals surface area contributed by atoms with Gasteiger partial charge in [-0.1, -0.05) is 24.1 Å². The maximum absolute atomic E-state index is 12.7. The molecule has 1 saturated carbocycles. The molecule has 1 fully saturated rings. The second-order valence-electron chi connectivity index (χ2n) is 6.13. The smallest absolute Gasteiger partial charge is 0.310 e. The zero-order chi connectivity index (χ0) is 17.7. The van der Waals surface area contributed by atoms with Gasteiger partial charge in [0.05, 0.1) is 18.3 Å². The zero-order valence-electron chi connectivity index (χ0n) is 14.4. The molecule has 1 aliphatic rings. The number of hydrogen-bond donors (Lipinski definition) is 0. The highest BCUT2D eigenvalue weighted by molar-refractivity contribution is 7.89. The number of sulfonamides is 1. The van der Waals surface area contributed by atoms with E-state index < -0.39 is 27.2 Å². The molecule has 0 N–H and O–H groups in total. The third kappa shape index (κ3) is 4.27. The van der Waals surface area contributed by atoms with Gasteiger partial charge in [-0.05, 0) is 31.9 Å². The molecule has 2 atom stereocenters. The molecule has 0 bridgehead atoms. The van der Waals surface area contributed by atoms with Crippen LogP contribution in [-0.4, -0.2) is 51.3 Å². The van der Waals surface area contributed by atoms with Crippen LogP contribution in [0.25, 0.3) is 0 Å². The monoisotopic (exact) mass is 355 g/mol. The summed E-state index contributed by atoms with van der Waals surface area (Å²) in [5.41, 5.74) is 1.14. The normalized spacial score (nSPS) is 21.0. The Labute approximate surface area is 143 Å². The Bertz CT molecular complexity index is 656. The lowest BCUT2D eigenvalue weighted by Gasteiger charge is -2.24. The van der Waals surface area contributed by atoms with Gasteiger partial charge >= 0.3 is 5.97 Å². The molecule has 0 radical (unpaired) electrons. The predicted octanol–water partition coefficient (Wildman–Crippen LogP) is 1.98. The van der Waals surface area contributed by atoms with E-state index in [1.54, 1.807) is 0 Å². The van der Waals surface area contributed by atoms with Crippen LogP contribution in [0.15, 0.2) is 24.3 Å². The zero-order valence-corrected chi connectivity index (χ0v) is 15.2. The fraction of sp³-hybridized carbons (Fsp3) is 0.588. The maximum Gasteiger partial charge on any atom is 0.310 e. The first-order valence-corrected chi connectivity index (χ1v) is 9.59. The number of carbonyl (C=O) groups is 1. The summed E-state index contributed by atoms with van der Waals surface area (Å²) in [6.07, 6.45) is 1.77. The first kappa shape index (κ1) is 18.7. The van der Waals surface area contributed by atoms with Crippen LogP contribution in [0.2, 0.25) is 0 Å². The number of methoxy groups -OCH3 is 1. The number of benzene rings is 1. The summed E-state index contributed by atoms with van der Waals surface area (Å²) in [4.78, 5) is 11.8. The number of aryl methyl sites for hydroxylation is 1. The van der Waals surface area contributed by atoms with E-state index in [-0.39, 0.29) is 13.2 Å². The first-order chi connectivity index (χ1) is 11.4. The SMILES string of the molecule is COC(=O)C1CCCC1S(=O)(=O)N(C)CCOc1ccc(C)cc1. The molecule has 2 rings (SSSR count). The van der Waals surface area contributed by atoms with Gasteiger partial charge < -0.3 is 9.47 Å². The summed E-state index contributed by atoms with van der Waals surface area (Å²) in [7, 11) is -0.728. The average Bonchev–Trinajstić information content (AvgIpc) is 3.06. The molecule has 0 spiro atoms. The van der Waals surface area contributed by atoms with Crippen LogP contribution in [-0.2, 0) is 19.6 Å². The van der Waals surface area contributed by atoms with E-state index in [1.807, 2.05) is 31.2 Å². The van der Waals surface area contributed by atoms with E-state index in [9.17, 15) is 13.2 Å². The minimum atomic E-state index is -3.55. The highest BCUT2D eigenvalue weighted by Crippen LogP contribution is 2.33. The van der Waals surface area contributed by atoms with Gasteiger partial charge in [-0.2, -0.15) is 0 Å². The Hall–Kier alpha value is -1.60. The van der Waals surface area contributed by atoms with Crippen molar-refractivity contribution in [1.29, 1.82) is 0 Å². The van der Waals surface area contributed by atoms with E-state index in [2.05, 4.69) is 0 Å². The van der Waals surface area contributed by atoms with Crippen LogP contribution < -0.4 is 4.74 Å². The summed E-state index contributed by atoms with van der Waals surface area (Å²) in [6, 6.07) is 7.59. The number of esters is 1. The molecular weight excluding hydrogens is 330 g/mol. The minimum Gasteiger partial charge on any atom is -0.492 e. The number of nitrogens with zero attached hydrogens (tertiary/aromatic N) is 1. The van der Waals surface area contributed by atoms with Gasteiger partial charge in [0.2, 0.25) is 10.0 Å². The van der Waals surface area contributed by atoms with Crippen LogP contribution in [0, 0.1) is 12.8 Å². The quantitative estimate of drug-likeness (QED) is 0.699. The van der Waals surface area contributed by atoms with Gasteiger partial charge in [0.1, 0.15) is 12.4 Å². The van der Waals surface area contributed by atoms with Gasteiger partial charge in [-0.15, -0.1) is 0 Å². The summed E-state index contributed by atoms with van der Waals surface area (Å²) in [6.45, 7) is 2.48. The van der Waals surface area contributed by atoms with E-state index >= 15 is 0 Å². The van der Waals surface area contributed by atoms with Gasteiger partial charge in [0.15, 0.2) is 0 Å². The van der Waals surface area contributed by atoms with Crippen molar-refractivity contribution in [3.05, 3.63) is 29.8 Å². The lowest BCUT2D eigenvalue weighted by molar-refractivity contribution is -0.145. The Kier molecular flexibility index (Phi) is 6.23. The molecule has 6 nitrogen and oxygen atoms in total. The highest BCUT2D eigenvalue weighted by Gasteiger charge is 2.43. The fourth-order valence-corrected chi connectivity index (χ4v) is 4.91. The van der Waals surface area contributed by atoms with Gasteiger partial charge in [-0.3, -0.25) is 4.79 Å². The van der Waals surface area contributed by atoms with Crippen LogP contribution in [0.1, 0.15) is 24.8 Å². The number of hydrogen-bond acceptors (Lipinski definition) is 5. The topological polar surface area (TPSA) is 72.9 Å². The van der Waals surface area contributed by atoms with Gasteiger partial charge in [0.25, 0.3) is 0 Å². The van der Waals surface area contributed by atoms with Crippen LogP contribution in [0.4, 0.5) is 0 Å². The van der Waals surface area contributed by atoms with Crippen molar-refractivity contribution < 1.29 is 22.7 Å². The minimum absolute atomic E-state index is 0.237. The maximum atomic E-state index is 12.7. The molecule has 0 aliphatic heterocycles. The third-order valence-corrected chi connectivity index (χ3v) is 6.85. The first-order valence-electron chi connectivity index (χ1n) is 8.08. The number of carbonyl (C=O) groups excluding carboxylic acids is 1. The lowest BCUT2D eigenvalue weighted by atomic mass is 10.1. The van der Waals surface area contributed by atoms with Crippen LogP contribution >= 0.6 is 0 Å². The lowest BCUT2D eigenvalue weighted by Crippen LogP contribution is -2.42. The third-order valence-electron chi connectivity index (χ3n) is 4.47. The van der Waals surface area contributed by atoms with Gasteiger partial charge in [-0.25, -0.2) is 12.7 Å². The number of ether oxygens (including phenoxy) is 2. The van der Waals surface area contributed by atoms with E-state index in [0.717, 1.165) is 12.0 Å². The molecule has 134 valence electrons. The Morgan fingerprint density at radius 1 is 1.25 bits per heavy atom. The summed E-state index contributed by atoms with van der Waals surface area (Å²) in [5, 5.41) is -0.700. The van der Waals surface area contributed by atoms with Crippen molar-refractivity contribution >= 4 is 16.0 Å². The van der Waals surface area contributed by atoms with E-state index in [4.69, 9.17) is 9.47 Å². The predicted molar refractivity (Wildman–Crippen MR) is 91.4 cm³/mol. The molecule has 1 aromatic rings. The van der Waals surface area contributed by atoms with E-state index in [1.165, 1.54) is 18.5 Å². The average molecular weight is 355 g/mol. The summed E-state index contributed by atoms with van der Waals surface area (Å²) < 4.78 is 37.0. The molecule has 0 aromatic heterocycles. The molecule has 0 saturated heterocycles. The fourth-order valence-electron chi connectivity index (χ4n) is 2.99. The van der Waals surface area contributed by atoms with Crippen molar-refractivity contribution in [2.24, 2.45) is 5.92 Å². The molecule has 0 amide bonds. The summed E-state index contributed by atoms with van der Waals surface area (Å²) >= 11 is 0. The van der Waals surface area contributed by atoms with Crippen molar-refractivity contribution in [3.8, 4) is 5.75 Å². The molecule has 1 aromatic carbocycles. The Morgan fingerprint density at radius 2 is 1.92 bits per heavy atom. The Morgan fingerprint density at radius 3 is 2.54 bits per heavy atom. The van der Waals surface area contributed by atoms with Crippen LogP contribution in [0.5, 0.6) is 5.75 Å². The summed E-state index contributed by atoms with van der Waals surface area (Å²) in [5.74, 6) is -0.300. The highest BCUT2D eigenvalue weighted by atomic mass is 32.2. The van der Waals surface area contributed by atoms with E-state index in [0.29, 0.717) is 18.6 Å².